The van der Waals surface area contributed by atoms with Crippen LogP contribution in [0.25, 0.3) is 0 Å². The van der Waals surface area contributed by atoms with Crippen molar-refractivity contribution in [3.63, 3.8) is 0 Å². The van der Waals surface area contributed by atoms with E-state index >= 15 is 0 Å². The zero-order chi connectivity index (χ0) is 25.9. The average molecular weight is 491 g/mol. The summed E-state index contributed by atoms with van der Waals surface area (Å²) in [5.74, 6) is 0.883. The fourth-order valence-corrected chi connectivity index (χ4v) is 3.44. The summed E-state index contributed by atoms with van der Waals surface area (Å²) in [6.07, 6.45) is 0.485. The van der Waals surface area contributed by atoms with E-state index in [-0.39, 0.29) is 18.7 Å². The van der Waals surface area contributed by atoms with Gasteiger partial charge in [-0.1, -0.05) is 6.07 Å². The van der Waals surface area contributed by atoms with Crippen LogP contribution in [0.5, 0.6) is 17.2 Å². The maximum atomic E-state index is 12.2. The van der Waals surface area contributed by atoms with Crippen molar-refractivity contribution in [2.24, 2.45) is 0 Å². The number of amides is 2. The Morgan fingerprint density at radius 1 is 0.694 bits per heavy atom. The number of hydrogen-bond acceptors (Lipinski definition) is 6. The number of benzene rings is 3. The van der Waals surface area contributed by atoms with Gasteiger partial charge in [0.05, 0.1) is 7.11 Å². The van der Waals surface area contributed by atoms with E-state index in [9.17, 15) is 14.4 Å². The molecule has 3 aromatic carbocycles. The Hall–Kier alpha value is -4.33. The molecule has 0 aliphatic heterocycles. The fraction of sp³-hybridized carbons (Fsp3) is 0.250. The normalized spacial score (nSPS) is 10.3. The summed E-state index contributed by atoms with van der Waals surface area (Å²) in [5.41, 5.74) is 3.44. The van der Waals surface area contributed by atoms with Gasteiger partial charge in [-0.25, -0.2) is 0 Å². The van der Waals surface area contributed by atoms with Crippen molar-refractivity contribution in [2.45, 2.75) is 33.1 Å². The highest BCUT2D eigenvalue weighted by atomic mass is 16.5. The fourth-order valence-electron chi connectivity index (χ4n) is 3.44. The molecule has 2 amide bonds. The van der Waals surface area contributed by atoms with Gasteiger partial charge in [-0.15, -0.1) is 0 Å². The second kappa shape index (κ2) is 12.9. The number of methoxy groups -OCH3 is 1. The second-order valence-electron chi connectivity index (χ2n) is 8.29. The van der Waals surface area contributed by atoms with E-state index in [4.69, 9.17) is 14.2 Å². The van der Waals surface area contributed by atoms with Crippen LogP contribution < -0.4 is 20.1 Å². The Labute approximate surface area is 210 Å². The predicted octanol–water partition coefficient (Wildman–Crippen LogP) is 5.40. The van der Waals surface area contributed by atoms with E-state index in [2.05, 4.69) is 16.7 Å². The van der Waals surface area contributed by atoms with Gasteiger partial charge in [0.1, 0.15) is 17.2 Å². The molecule has 0 unspecified atom stereocenters. The molecule has 0 radical (unpaired) electrons. The molecule has 2 N–H and O–H groups in total. The molecule has 3 aromatic rings. The lowest BCUT2D eigenvalue weighted by molar-refractivity contribution is -0.147. The third kappa shape index (κ3) is 8.79. The van der Waals surface area contributed by atoms with E-state index in [0.717, 1.165) is 16.9 Å². The van der Waals surface area contributed by atoms with Crippen molar-refractivity contribution in [3.8, 4) is 17.2 Å². The quantitative estimate of drug-likeness (QED) is 0.349. The van der Waals surface area contributed by atoms with Crippen LogP contribution in [0.2, 0.25) is 0 Å². The lowest BCUT2D eigenvalue weighted by Crippen LogP contribution is -2.21. The average Bonchev–Trinajstić information content (AvgIpc) is 2.84. The van der Waals surface area contributed by atoms with Crippen LogP contribution in [0.3, 0.4) is 0 Å². The molecule has 0 fully saturated rings. The first-order valence-corrected chi connectivity index (χ1v) is 11.6. The largest absolute Gasteiger partial charge is 0.497 e. The molecule has 0 heterocycles. The van der Waals surface area contributed by atoms with Gasteiger partial charge < -0.3 is 24.8 Å². The first-order valence-electron chi connectivity index (χ1n) is 11.6. The molecule has 0 aliphatic carbocycles. The molecule has 8 nitrogen and oxygen atoms in total. The molecule has 0 aromatic heterocycles. The molecule has 0 atom stereocenters. The number of carbonyl (C=O) groups is 3. The molecule has 0 saturated heterocycles. The van der Waals surface area contributed by atoms with Gasteiger partial charge >= 0.3 is 5.97 Å². The third-order valence-corrected chi connectivity index (χ3v) is 5.09. The van der Waals surface area contributed by atoms with Gasteiger partial charge in [0.25, 0.3) is 5.91 Å². The van der Waals surface area contributed by atoms with Gasteiger partial charge in [0.15, 0.2) is 6.61 Å². The van der Waals surface area contributed by atoms with Gasteiger partial charge in [-0.2, -0.15) is 0 Å². The smallest absolute Gasteiger partial charge is 0.306 e. The molecule has 0 spiro atoms. The van der Waals surface area contributed by atoms with Crippen LogP contribution in [0.4, 0.5) is 11.4 Å². The van der Waals surface area contributed by atoms with Crippen LogP contribution in [0.15, 0.2) is 66.7 Å². The van der Waals surface area contributed by atoms with E-state index in [1.807, 2.05) is 26.0 Å². The van der Waals surface area contributed by atoms with Gasteiger partial charge in [-0.05, 0) is 92.1 Å². The summed E-state index contributed by atoms with van der Waals surface area (Å²) in [6, 6.07) is 19.8. The van der Waals surface area contributed by atoms with E-state index in [1.165, 1.54) is 0 Å². The highest BCUT2D eigenvalue weighted by Crippen LogP contribution is 2.25. The summed E-state index contributed by atoms with van der Waals surface area (Å²) in [7, 11) is 1.55. The molecule has 188 valence electrons. The summed E-state index contributed by atoms with van der Waals surface area (Å²) in [5, 5.41) is 5.42. The van der Waals surface area contributed by atoms with E-state index in [1.54, 1.807) is 55.6 Å². The van der Waals surface area contributed by atoms with E-state index < -0.39 is 18.5 Å². The number of hydrogen-bond donors (Lipinski definition) is 2. The number of anilines is 2. The molecule has 36 heavy (non-hydrogen) atoms. The molecular weight excluding hydrogens is 460 g/mol. The van der Waals surface area contributed by atoms with Crippen molar-refractivity contribution in [1.29, 1.82) is 0 Å². The SMILES string of the molecule is COc1ccc(NC(=O)COC(=O)CCCC(=O)Nc2ccc(Oc3cc(C)cc(C)c3)cc2)cc1. The van der Waals surface area contributed by atoms with Crippen LogP contribution in [-0.2, 0) is 19.1 Å². The van der Waals surface area contributed by atoms with E-state index in [0.29, 0.717) is 29.3 Å². The van der Waals surface area contributed by atoms with Crippen molar-refractivity contribution in [1.82, 2.24) is 0 Å². The van der Waals surface area contributed by atoms with Crippen LogP contribution >= 0.6 is 0 Å². The molecule has 0 saturated carbocycles. The summed E-state index contributed by atoms with van der Waals surface area (Å²) >= 11 is 0. The van der Waals surface area contributed by atoms with Crippen molar-refractivity contribution in [2.75, 3.05) is 24.4 Å². The highest BCUT2D eigenvalue weighted by Gasteiger charge is 2.10. The Morgan fingerprint density at radius 3 is 1.83 bits per heavy atom. The number of rotatable bonds is 11. The first-order chi connectivity index (χ1) is 17.3. The summed E-state index contributed by atoms with van der Waals surface area (Å²) in [4.78, 5) is 36.0. The maximum Gasteiger partial charge on any atom is 0.306 e. The summed E-state index contributed by atoms with van der Waals surface area (Å²) in [6.45, 7) is 3.63. The Bertz CT molecular complexity index is 1170. The molecule has 8 heteroatoms. The lowest BCUT2D eigenvalue weighted by atomic mass is 10.1. The Kier molecular flexibility index (Phi) is 9.45. The van der Waals surface area contributed by atoms with Gasteiger partial charge in [0, 0.05) is 24.2 Å². The predicted molar refractivity (Wildman–Crippen MR) is 137 cm³/mol. The zero-order valence-electron chi connectivity index (χ0n) is 20.6. The standard InChI is InChI=1S/C28H30N2O6/c1-19-15-20(2)17-25(16-19)36-24-13-9-21(10-14-24)29-26(31)5-4-6-28(33)35-18-27(32)30-22-7-11-23(34-3)12-8-22/h7-17H,4-6,18H2,1-3H3,(H,29,31)(H,30,32). The molecule has 3 rings (SSSR count). The second-order valence-corrected chi connectivity index (χ2v) is 8.29. The number of aryl methyl sites for hydroxylation is 2. The third-order valence-electron chi connectivity index (χ3n) is 5.09. The van der Waals surface area contributed by atoms with Gasteiger partial charge in [0.2, 0.25) is 5.91 Å². The van der Waals surface area contributed by atoms with Crippen LogP contribution in [-0.4, -0.2) is 31.5 Å². The minimum Gasteiger partial charge on any atom is -0.497 e. The number of carbonyl (C=O) groups excluding carboxylic acids is 3. The number of ether oxygens (including phenoxy) is 3. The minimum atomic E-state index is -0.541. The molecular formula is C28H30N2O6. The van der Waals surface area contributed by atoms with Crippen LogP contribution in [0, 0.1) is 13.8 Å². The Morgan fingerprint density at radius 2 is 1.25 bits per heavy atom. The zero-order valence-corrected chi connectivity index (χ0v) is 20.6. The number of nitrogens with one attached hydrogen (secondary N) is 2. The lowest BCUT2D eigenvalue weighted by Gasteiger charge is -2.10. The van der Waals surface area contributed by atoms with Crippen molar-refractivity contribution < 1.29 is 28.6 Å². The van der Waals surface area contributed by atoms with Gasteiger partial charge in [-0.3, -0.25) is 14.4 Å². The van der Waals surface area contributed by atoms with Crippen LogP contribution in [0.1, 0.15) is 30.4 Å². The minimum absolute atomic E-state index is 0.0337. The Balaban J connectivity index is 1.33. The molecule has 0 bridgehead atoms. The monoisotopic (exact) mass is 490 g/mol. The maximum absolute atomic E-state index is 12.2. The van der Waals surface area contributed by atoms with Crippen molar-refractivity contribution in [3.05, 3.63) is 77.9 Å². The van der Waals surface area contributed by atoms with Crippen molar-refractivity contribution >= 4 is 29.2 Å². The molecule has 0 aliphatic rings. The highest BCUT2D eigenvalue weighted by molar-refractivity contribution is 5.93. The first kappa shape index (κ1) is 26.3. The summed E-state index contributed by atoms with van der Waals surface area (Å²) < 4.78 is 15.9. The topological polar surface area (TPSA) is 103 Å². The number of esters is 1.